The van der Waals surface area contributed by atoms with Gasteiger partial charge in [0.1, 0.15) is 0 Å². The largest absolute Gasteiger partial charge is 0.369 e. The zero-order valence-electron chi connectivity index (χ0n) is 10.4. The van der Waals surface area contributed by atoms with Crippen LogP contribution in [0.5, 0.6) is 0 Å². The summed E-state index contributed by atoms with van der Waals surface area (Å²) in [5, 5.41) is 7.28. The second-order valence-electron chi connectivity index (χ2n) is 3.92. The van der Waals surface area contributed by atoms with Gasteiger partial charge in [0.15, 0.2) is 5.11 Å². The number of anilines is 1. The van der Waals surface area contributed by atoms with Crippen LogP contribution in [0.1, 0.15) is 18.9 Å². The Morgan fingerprint density at radius 2 is 2.00 bits per heavy atom. The second kappa shape index (κ2) is 6.70. The molecule has 5 nitrogen and oxygen atoms in total. The minimum Gasteiger partial charge on any atom is -0.369 e. The first kappa shape index (κ1) is 14.1. The van der Waals surface area contributed by atoms with Gasteiger partial charge in [-0.25, -0.2) is 0 Å². The van der Waals surface area contributed by atoms with Crippen LogP contribution in [-0.2, 0) is 4.79 Å². The third-order valence-electron chi connectivity index (χ3n) is 2.09. The van der Waals surface area contributed by atoms with Crippen LogP contribution in [0.15, 0.2) is 29.4 Å². The van der Waals surface area contributed by atoms with Crippen molar-refractivity contribution in [2.24, 2.45) is 10.8 Å². The standard InChI is InChI=1S/C12H16N4OS/c1-8-3-5-10(6-4-8)14-12(18)16-15-9(2)7-11(13)17/h3-6H,7H2,1-2H3,(H2,13,17)(H2,14,16,18)/b15-9+. The van der Waals surface area contributed by atoms with E-state index in [0.29, 0.717) is 10.8 Å². The van der Waals surface area contributed by atoms with Crippen LogP contribution in [0.2, 0.25) is 0 Å². The van der Waals surface area contributed by atoms with Gasteiger partial charge in [-0.05, 0) is 38.2 Å². The molecular weight excluding hydrogens is 248 g/mol. The maximum Gasteiger partial charge on any atom is 0.223 e. The van der Waals surface area contributed by atoms with Crippen LogP contribution in [0.4, 0.5) is 5.69 Å². The molecule has 6 heteroatoms. The van der Waals surface area contributed by atoms with Gasteiger partial charge in [-0.3, -0.25) is 10.2 Å². The fourth-order valence-corrected chi connectivity index (χ4v) is 1.40. The highest BCUT2D eigenvalue weighted by Gasteiger charge is 1.99. The average molecular weight is 264 g/mol. The zero-order chi connectivity index (χ0) is 13.5. The van der Waals surface area contributed by atoms with Crippen LogP contribution in [-0.4, -0.2) is 16.7 Å². The van der Waals surface area contributed by atoms with Crippen LogP contribution < -0.4 is 16.5 Å². The molecule has 0 aliphatic heterocycles. The number of thiocarbonyl (C=S) groups is 1. The third-order valence-corrected chi connectivity index (χ3v) is 2.28. The SMILES string of the molecule is C/C(CC(N)=O)=N\NC(=S)Nc1ccc(C)cc1. The fraction of sp³-hybridized carbons (Fsp3) is 0.250. The predicted molar refractivity (Wildman–Crippen MR) is 77.5 cm³/mol. The number of rotatable bonds is 4. The molecule has 0 saturated carbocycles. The van der Waals surface area contributed by atoms with Gasteiger partial charge in [0.25, 0.3) is 0 Å². The van der Waals surface area contributed by atoms with Gasteiger partial charge in [0.2, 0.25) is 5.91 Å². The molecule has 0 saturated heterocycles. The van der Waals surface area contributed by atoms with Gasteiger partial charge in [-0.2, -0.15) is 5.10 Å². The number of hydrazone groups is 1. The summed E-state index contributed by atoms with van der Waals surface area (Å²) in [6.07, 6.45) is 0.111. The molecule has 0 aromatic heterocycles. The molecule has 0 fully saturated rings. The molecule has 0 heterocycles. The van der Waals surface area contributed by atoms with Crippen molar-refractivity contribution in [1.82, 2.24) is 5.43 Å². The zero-order valence-corrected chi connectivity index (χ0v) is 11.2. The Hall–Kier alpha value is -1.95. The van der Waals surface area contributed by atoms with E-state index in [9.17, 15) is 4.79 Å². The lowest BCUT2D eigenvalue weighted by atomic mass is 10.2. The number of benzene rings is 1. The summed E-state index contributed by atoms with van der Waals surface area (Å²) in [7, 11) is 0. The lowest BCUT2D eigenvalue weighted by molar-refractivity contribution is -0.116. The number of hydrogen-bond donors (Lipinski definition) is 3. The Balaban J connectivity index is 2.47. The molecule has 0 aliphatic carbocycles. The van der Waals surface area contributed by atoms with Crippen LogP contribution in [0.3, 0.4) is 0 Å². The summed E-state index contributed by atoms with van der Waals surface area (Å²) in [5.74, 6) is -0.421. The molecule has 1 amide bonds. The molecule has 1 aromatic rings. The van der Waals surface area contributed by atoms with Crippen molar-refractivity contribution in [2.45, 2.75) is 20.3 Å². The van der Waals surface area contributed by atoms with Gasteiger partial charge in [-0.15, -0.1) is 0 Å². The highest BCUT2D eigenvalue weighted by Crippen LogP contribution is 2.08. The van der Waals surface area contributed by atoms with E-state index in [1.165, 1.54) is 5.56 Å². The molecular formula is C12H16N4OS. The number of amides is 1. The molecule has 0 radical (unpaired) electrons. The Morgan fingerprint density at radius 1 is 1.39 bits per heavy atom. The summed E-state index contributed by atoms with van der Waals surface area (Å²) in [4.78, 5) is 10.6. The summed E-state index contributed by atoms with van der Waals surface area (Å²) in [6.45, 7) is 3.71. The minimum atomic E-state index is -0.421. The Bertz CT molecular complexity index is 467. The smallest absolute Gasteiger partial charge is 0.223 e. The molecule has 1 rings (SSSR count). The molecule has 0 bridgehead atoms. The predicted octanol–water partition coefficient (Wildman–Crippen LogP) is 1.53. The highest BCUT2D eigenvalue weighted by molar-refractivity contribution is 7.80. The van der Waals surface area contributed by atoms with Gasteiger partial charge in [0.05, 0.1) is 6.42 Å². The first-order valence-electron chi connectivity index (χ1n) is 5.42. The van der Waals surface area contributed by atoms with Gasteiger partial charge >= 0.3 is 0 Å². The Labute approximate surface area is 111 Å². The quantitative estimate of drug-likeness (QED) is 0.438. The molecule has 0 spiro atoms. The molecule has 1 aromatic carbocycles. The number of primary amides is 1. The monoisotopic (exact) mass is 264 g/mol. The number of carbonyl (C=O) groups excluding carboxylic acids is 1. The van der Waals surface area contributed by atoms with E-state index in [1.807, 2.05) is 31.2 Å². The molecule has 4 N–H and O–H groups in total. The highest BCUT2D eigenvalue weighted by atomic mass is 32.1. The van der Waals surface area contributed by atoms with Crippen molar-refractivity contribution in [2.75, 3.05) is 5.32 Å². The summed E-state index contributed by atoms with van der Waals surface area (Å²) < 4.78 is 0. The van der Waals surface area contributed by atoms with E-state index in [0.717, 1.165) is 5.69 Å². The molecule has 18 heavy (non-hydrogen) atoms. The van der Waals surface area contributed by atoms with E-state index in [4.69, 9.17) is 18.0 Å². The first-order valence-corrected chi connectivity index (χ1v) is 5.83. The molecule has 0 aliphatic rings. The molecule has 96 valence electrons. The maximum atomic E-state index is 10.6. The van der Waals surface area contributed by atoms with E-state index in [2.05, 4.69) is 15.8 Å². The first-order chi connectivity index (χ1) is 8.47. The van der Waals surface area contributed by atoms with Crippen molar-refractivity contribution < 1.29 is 4.79 Å². The van der Waals surface area contributed by atoms with Gasteiger partial charge in [0, 0.05) is 11.4 Å². The van der Waals surface area contributed by atoms with Crippen LogP contribution in [0.25, 0.3) is 0 Å². The van der Waals surface area contributed by atoms with Crippen molar-refractivity contribution >= 4 is 34.6 Å². The topological polar surface area (TPSA) is 79.5 Å². The van der Waals surface area contributed by atoms with Crippen molar-refractivity contribution in [1.29, 1.82) is 0 Å². The molecule has 0 atom stereocenters. The van der Waals surface area contributed by atoms with E-state index in [1.54, 1.807) is 6.92 Å². The number of nitrogens with zero attached hydrogens (tertiary/aromatic N) is 1. The third kappa shape index (κ3) is 5.40. The minimum absolute atomic E-state index is 0.111. The Morgan fingerprint density at radius 3 is 2.56 bits per heavy atom. The van der Waals surface area contributed by atoms with E-state index >= 15 is 0 Å². The lowest BCUT2D eigenvalue weighted by Gasteiger charge is -2.07. The average Bonchev–Trinajstić information content (AvgIpc) is 2.29. The number of aryl methyl sites for hydroxylation is 1. The summed E-state index contributed by atoms with van der Waals surface area (Å²) in [5.41, 5.74) is 10.3. The number of nitrogens with one attached hydrogen (secondary N) is 2. The Kier molecular flexibility index (Phi) is 5.26. The number of nitrogens with two attached hydrogens (primary N) is 1. The van der Waals surface area contributed by atoms with Crippen molar-refractivity contribution in [3.63, 3.8) is 0 Å². The number of hydrogen-bond acceptors (Lipinski definition) is 3. The second-order valence-corrected chi connectivity index (χ2v) is 4.33. The van der Waals surface area contributed by atoms with E-state index < -0.39 is 5.91 Å². The van der Waals surface area contributed by atoms with Crippen molar-refractivity contribution in [3.05, 3.63) is 29.8 Å². The normalized spacial score (nSPS) is 10.9. The fourth-order valence-electron chi connectivity index (χ4n) is 1.23. The van der Waals surface area contributed by atoms with Crippen LogP contribution in [0, 0.1) is 6.92 Å². The summed E-state index contributed by atoms with van der Waals surface area (Å²) >= 11 is 5.06. The molecule has 0 unspecified atom stereocenters. The van der Waals surface area contributed by atoms with Gasteiger partial charge < -0.3 is 11.1 Å². The van der Waals surface area contributed by atoms with E-state index in [-0.39, 0.29) is 6.42 Å². The van der Waals surface area contributed by atoms with Gasteiger partial charge in [-0.1, -0.05) is 17.7 Å². The lowest BCUT2D eigenvalue weighted by Crippen LogP contribution is -2.25. The van der Waals surface area contributed by atoms with Crippen LogP contribution >= 0.6 is 12.2 Å². The number of carbonyl (C=O) groups is 1. The summed E-state index contributed by atoms with van der Waals surface area (Å²) in [6, 6.07) is 7.80. The maximum absolute atomic E-state index is 10.6. The van der Waals surface area contributed by atoms with Crippen molar-refractivity contribution in [3.8, 4) is 0 Å².